The van der Waals surface area contributed by atoms with Gasteiger partial charge in [-0.2, -0.15) is 5.46 Å². The first kappa shape index (κ1) is 76.7. The van der Waals surface area contributed by atoms with Gasteiger partial charge < -0.3 is 24.5 Å². The van der Waals surface area contributed by atoms with Crippen LogP contribution in [0.3, 0.4) is 0 Å². The number of rotatable bonds is 15. The Labute approximate surface area is 609 Å². The zero-order chi connectivity index (χ0) is 67.9. The summed E-state index contributed by atoms with van der Waals surface area (Å²) in [4.78, 5) is 18.3. The fraction of sp³-hybridized carbons (Fsp3) is 0.209. The van der Waals surface area contributed by atoms with E-state index in [1.807, 2.05) is 164 Å². The fourth-order valence-corrected chi connectivity index (χ4v) is 18.7. The molecule has 5 nitrogen and oxygen atoms in total. The number of pyridine rings is 4. The van der Waals surface area contributed by atoms with Gasteiger partial charge in [-0.05, 0) is 106 Å². The summed E-state index contributed by atoms with van der Waals surface area (Å²) in [6.07, 6.45) is 9.85. The molecule has 2 radical (unpaired) electrons. The molecule has 0 aliphatic rings. The van der Waals surface area contributed by atoms with Crippen molar-refractivity contribution >= 4 is 72.7 Å². The first-order valence-electron chi connectivity index (χ1n) is 33.2. The molecule has 0 spiro atoms. The van der Waals surface area contributed by atoms with Gasteiger partial charge in [-0.25, -0.2) is 0 Å². The molecule has 0 fully saturated rings. The van der Waals surface area contributed by atoms with E-state index >= 15 is 0 Å². The largest absolute Gasteiger partial charge is 0.310 e. The van der Waals surface area contributed by atoms with E-state index in [4.69, 9.17) is 9.97 Å². The molecule has 0 unspecified atom stereocenters. The van der Waals surface area contributed by atoms with Gasteiger partial charge in [0.25, 0.3) is 0 Å². The van der Waals surface area contributed by atoms with E-state index in [9.17, 15) is 4.57 Å². The summed E-state index contributed by atoms with van der Waals surface area (Å²) < 4.78 is 14.7. The van der Waals surface area contributed by atoms with Crippen molar-refractivity contribution in [3.8, 4) is 45.0 Å². The number of nitrogens with zero attached hydrogens (tertiary/aromatic N) is 4. The molecule has 0 N–H and O–H groups in total. The summed E-state index contributed by atoms with van der Waals surface area (Å²) in [5.74, 6) is 0.606. The van der Waals surface area contributed by atoms with Crippen LogP contribution in [0.4, 0.5) is 0 Å². The first-order valence-corrected chi connectivity index (χ1v) is 41.9. The van der Waals surface area contributed by atoms with Crippen LogP contribution in [0.25, 0.3) is 45.0 Å². The van der Waals surface area contributed by atoms with Crippen LogP contribution in [-0.4, -0.2) is 42.8 Å². The Morgan fingerprint density at radius 3 is 1.22 bits per heavy atom. The molecular weight excluding hydrogens is 1590 g/mol. The van der Waals surface area contributed by atoms with E-state index in [1.165, 1.54) is 71.3 Å². The van der Waals surface area contributed by atoms with Crippen LogP contribution >= 0.6 is 7.14 Å². The third kappa shape index (κ3) is 19.8. The molecule has 97 heavy (non-hydrogen) atoms. The maximum Gasteiger partial charge on any atom is 0.224 e. The number of benzene rings is 8. The van der Waals surface area contributed by atoms with Crippen molar-refractivity contribution in [1.29, 1.82) is 0 Å². The van der Waals surface area contributed by atoms with Crippen LogP contribution < -0.4 is 42.7 Å². The van der Waals surface area contributed by atoms with Crippen LogP contribution in [0.15, 0.2) is 243 Å². The predicted octanol–water partition coefficient (Wildman–Crippen LogP) is 17.0. The third-order valence-corrected chi connectivity index (χ3v) is 24.2. The predicted molar refractivity (Wildman–Crippen MR) is 413 cm³/mol. The SMILES string of the molecule is CCc1cc(-c2[c-]ccc(P(=O)(c3ccccc3)c3ccccc3)c2)ncc1[Si](C)(C)C.Cc1cc(C)c(B(c2cc[c-]c(-c3cc(CC(C)C)c([Si](C)(C)C)cn3)c2)c2c(C)cc(C)cc2C)c(C)c1.[Ir].[Ir].[c-]1ccccc1-c1ccccn1.[c-]1ccccc1-c1ccccn1. The van der Waals surface area contributed by atoms with Gasteiger partial charge >= 0.3 is 0 Å². The van der Waals surface area contributed by atoms with Gasteiger partial charge in [0.1, 0.15) is 0 Å². The zero-order valence-corrected chi connectivity index (χ0v) is 66.7. The van der Waals surface area contributed by atoms with Crippen molar-refractivity contribution < 1.29 is 44.8 Å². The maximum absolute atomic E-state index is 14.7. The molecule has 0 saturated heterocycles. The van der Waals surface area contributed by atoms with Gasteiger partial charge in [-0.3, -0.25) is 0 Å². The van der Waals surface area contributed by atoms with Crippen LogP contribution in [0, 0.1) is 71.7 Å². The second-order valence-electron chi connectivity index (χ2n) is 27.2. The average Bonchev–Trinajstić information content (AvgIpc) is 0.772. The number of aryl methyl sites for hydroxylation is 7. The molecule has 4 heterocycles. The Bertz CT molecular complexity index is 4240. The van der Waals surface area contributed by atoms with Crippen molar-refractivity contribution in [3.63, 3.8) is 0 Å². The monoisotopic (exact) mass is 1680 g/mol. The minimum atomic E-state index is -3.02. The maximum atomic E-state index is 14.7. The van der Waals surface area contributed by atoms with Crippen molar-refractivity contribution in [2.75, 3.05) is 0 Å². The van der Waals surface area contributed by atoms with Gasteiger partial charge in [-0.15, -0.1) is 131 Å². The van der Waals surface area contributed by atoms with Crippen molar-refractivity contribution in [1.82, 2.24) is 19.9 Å². The molecule has 0 aliphatic heterocycles. The Morgan fingerprint density at radius 2 is 0.814 bits per heavy atom. The Hall–Kier alpha value is -7.61. The first-order chi connectivity index (χ1) is 45.5. The van der Waals surface area contributed by atoms with E-state index in [-0.39, 0.29) is 46.9 Å². The number of hydrogen-bond donors (Lipinski definition) is 0. The molecular formula is C86H90BIr2N4OPSi2-4. The summed E-state index contributed by atoms with van der Waals surface area (Å²) in [6, 6.07) is 86.5. The van der Waals surface area contributed by atoms with E-state index in [2.05, 4.69) is 203 Å². The van der Waals surface area contributed by atoms with Crippen LogP contribution in [0.5, 0.6) is 0 Å². The smallest absolute Gasteiger partial charge is 0.224 e. The van der Waals surface area contributed by atoms with Gasteiger partial charge in [0, 0.05) is 75.6 Å². The molecule has 4 aromatic heterocycles. The quantitative estimate of drug-likeness (QED) is 0.0581. The summed E-state index contributed by atoms with van der Waals surface area (Å²) in [7, 11) is -5.98. The minimum Gasteiger partial charge on any atom is -0.310 e. The standard InChI is InChI=1S/C36H45BNSi.C28H29NOPSi.2C11H8N.2Ir/c1-23(2)15-31-21-33(38-22-34(31)39(9,10)11)30-13-12-14-32(20-30)37(35-26(5)16-24(3)17-27(35)6)36-28(7)18-25(4)19-29(36)8;1-5-22-20-27(29-21-28(22)32(2,3)4)23-13-12-18-26(19-23)31(30,24-14-8-6-9-15-24)25-16-10-7-11-17-25;2*1-2-6-10(7-3-1)11-8-4-5-9-12-11;;/h12,14,16-23H,15H2,1-11H3;6-12,14-21H,5H2,1-4H3;2*1-6,8-9H;;/q4*-1;;. The third-order valence-electron chi connectivity index (χ3n) is 17.1. The molecule has 0 aliphatic carbocycles. The van der Waals surface area contributed by atoms with E-state index in [0.717, 1.165) is 73.8 Å². The molecule has 0 bridgehead atoms. The van der Waals surface area contributed by atoms with Gasteiger partial charge in [-0.1, -0.05) is 242 Å². The molecule has 0 amide bonds. The Balaban J connectivity index is 0.000000202. The van der Waals surface area contributed by atoms with Crippen LogP contribution in [0.1, 0.15) is 65.3 Å². The normalized spacial score (nSPS) is 11.1. The molecule has 0 saturated carbocycles. The van der Waals surface area contributed by atoms with Crippen LogP contribution in [0.2, 0.25) is 39.3 Å². The van der Waals surface area contributed by atoms with Crippen LogP contribution in [-0.2, 0) is 57.6 Å². The van der Waals surface area contributed by atoms with E-state index < -0.39 is 23.3 Å². The second-order valence-corrected chi connectivity index (χ2v) is 40.1. The number of hydrogen-bond acceptors (Lipinski definition) is 5. The van der Waals surface area contributed by atoms with E-state index in [1.54, 1.807) is 12.4 Å². The molecule has 498 valence electrons. The van der Waals surface area contributed by atoms with Gasteiger partial charge in [0.05, 0.1) is 16.1 Å². The summed E-state index contributed by atoms with van der Waals surface area (Å²) in [5, 5.41) is 5.35. The molecule has 8 aromatic carbocycles. The Kier molecular flexibility index (Phi) is 27.9. The summed E-state index contributed by atoms with van der Waals surface area (Å²) >= 11 is 0. The second kappa shape index (κ2) is 35.2. The molecule has 12 aromatic rings. The minimum absolute atomic E-state index is 0. The fourth-order valence-electron chi connectivity index (χ4n) is 12.8. The van der Waals surface area contributed by atoms with E-state index in [0.29, 0.717) is 5.92 Å². The van der Waals surface area contributed by atoms with Gasteiger partial charge in [0.2, 0.25) is 6.71 Å². The summed E-state index contributed by atoms with van der Waals surface area (Å²) in [6.45, 7) is 34.8. The summed E-state index contributed by atoms with van der Waals surface area (Å²) in [5.41, 5.74) is 22.9. The Morgan fingerprint density at radius 1 is 0.412 bits per heavy atom. The molecule has 11 heteroatoms. The molecule has 0 atom stereocenters. The molecule has 12 rings (SSSR count). The topological polar surface area (TPSA) is 68.6 Å². The zero-order valence-electron chi connectivity index (χ0n) is 59.0. The van der Waals surface area contributed by atoms with Crippen molar-refractivity contribution in [2.45, 2.75) is 114 Å². The van der Waals surface area contributed by atoms with Crippen molar-refractivity contribution in [2.24, 2.45) is 5.92 Å². The number of aromatic nitrogens is 4. The van der Waals surface area contributed by atoms with Gasteiger partial charge in [0.15, 0.2) is 7.14 Å². The average molecular weight is 1680 g/mol. The van der Waals surface area contributed by atoms with Crippen molar-refractivity contribution in [3.05, 3.63) is 312 Å².